The highest BCUT2D eigenvalue weighted by atomic mass is 16.5. The van der Waals surface area contributed by atoms with Crippen LogP contribution in [0.4, 0.5) is 0 Å². The molecule has 2 nitrogen and oxygen atoms in total. The Balaban J connectivity index is 3.10. The second-order valence-electron chi connectivity index (χ2n) is 4.29. The van der Waals surface area contributed by atoms with Gasteiger partial charge in [0.25, 0.3) is 0 Å². The highest BCUT2D eigenvalue weighted by Gasteiger charge is 2.16. The van der Waals surface area contributed by atoms with E-state index in [9.17, 15) is 0 Å². The second kappa shape index (κ2) is 3.36. The summed E-state index contributed by atoms with van der Waals surface area (Å²) in [4.78, 5) is 4.36. The van der Waals surface area contributed by atoms with Gasteiger partial charge in [0.2, 0.25) is 0 Å². The monoisotopic (exact) mass is 179 g/mol. The quantitative estimate of drug-likeness (QED) is 0.661. The number of hydrogen-bond acceptors (Lipinski definition) is 2. The number of aromatic nitrogens is 1. The molecule has 0 radical (unpaired) electrons. The van der Waals surface area contributed by atoms with Crippen molar-refractivity contribution in [2.24, 2.45) is 0 Å². The number of aryl methyl sites for hydroxylation is 1. The number of rotatable bonds is 1. The molecule has 0 bridgehead atoms. The molecule has 0 atom stereocenters. The fraction of sp³-hybridized carbons (Fsp3) is 0.545. The van der Waals surface area contributed by atoms with Crippen LogP contribution in [0.5, 0.6) is 5.75 Å². The molecular formula is C11H17NO. The summed E-state index contributed by atoms with van der Waals surface area (Å²) < 4.78 is 5.15. The van der Waals surface area contributed by atoms with E-state index in [0.717, 1.165) is 17.0 Å². The number of nitrogens with zero attached hydrogens (tertiary/aromatic N) is 1. The minimum absolute atomic E-state index is 0.108. The van der Waals surface area contributed by atoms with Gasteiger partial charge in [-0.1, -0.05) is 20.8 Å². The zero-order valence-electron chi connectivity index (χ0n) is 9.01. The molecule has 1 rings (SSSR count). The van der Waals surface area contributed by atoms with Crippen molar-refractivity contribution < 1.29 is 4.74 Å². The summed E-state index contributed by atoms with van der Waals surface area (Å²) in [6.45, 7) is 8.50. The molecule has 0 aliphatic heterocycles. The lowest BCUT2D eigenvalue weighted by Crippen LogP contribution is -2.13. The van der Waals surface area contributed by atoms with E-state index in [1.807, 2.05) is 6.92 Å². The number of methoxy groups -OCH3 is 1. The molecule has 0 aromatic carbocycles. The van der Waals surface area contributed by atoms with E-state index in [2.05, 4.69) is 31.8 Å². The van der Waals surface area contributed by atoms with Gasteiger partial charge in [0, 0.05) is 11.1 Å². The molecule has 0 unspecified atom stereocenters. The third-order valence-electron chi connectivity index (χ3n) is 2.05. The predicted molar refractivity (Wildman–Crippen MR) is 54.2 cm³/mol. The Labute approximate surface area is 80.0 Å². The number of ether oxygens (including phenoxy) is 1. The van der Waals surface area contributed by atoms with Crippen molar-refractivity contribution in [3.8, 4) is 5.75 Å². The molecule has 0 aliphatic rings. The first-order valence-electron chi connectivity index (χ1n) is 4.46. The smallest absolute Gasteiger partial charge is 0.140 e. The lowest BCUT2D eigenvalue weighted by Gasteiger charge is -2.18. The predicted octanol–water partition coefficient (Wildman–Crippen LogP) is 2.70. The van der Waals surface area contributed by atoms with Crippen LogP contribution in [-0.4, -0.2) is 12.1 Å². The van der Waals surface area contributed by atoms with Crippen LogP contribution in [0.2, 0.25) is 0 Å². The van der Waals surface area contributed by atoms with E-state index in [-0.39, 0.29) is 5.41 Å². The van der Waals surface area contributed by atoms with E-state index >= 15 is 0 Å². The third kappa shape index (κ3) is 2.20. The molecule has 1 aromatic heterocycles. The van der Waals surface area contributed by atoms with Gasteiger partial charge in [-0.3, -0.25) is 4.98 Å². The molecule has 0 amide bonds. The minimum atomic E-state index is 0.108. The first-order chi connectivity index (χ1) is 5.95. The number of pyridine rings is 1. The van der Waals surface area contributed by atoms with Gasteiger partial charge in [-0.05, 0) is 18.6 Å². The fourth-order valence-electron chi connectivity index (χ4n) is 1.17. The number of hydrogen-bond donors (Lipinski definition) is 0. The maximum atomic E-state index is 5.15. The van der Waals surface area contributed by atoms with Crippen molar-refractivity contribution in [2.75, 3.05) is 7.11 Å². The van der Waals surface area contributed by atoms with Gasteiger partial charge < -0.3 is 4.74 Å². The van der Waals surface area contributed by atoms with Gasteiger partial charge in [-0.25, -0.2) is 0 Å². The van der Waals surface area contributed by atoms with Crippen LogP contribution in [0.1, 0.15) is 32.0 Å². The summed E-state index contributed by atoms with van der Waals surface area (Å²) >= 11 is 0. The van der Waals surface area contributed by atoms with Gasteiger partial charge >= 0.3 is 0 Å². The molecule has 0 fully saturated rings. The van der Waals surface area contributed by atoms with Gasteiger partial charge in [0.1, 0.15) is 5.75 Å². The Morgan fingerprint density at radius 3 is 2.31 bits per heavy atom. The van der Waals surface area contributed by atoms with Crippen LogP contribution in [0.15, 0.2) is 12.3 Å². The van der Waals surface area contributed by atoms with E-state index in [0.29, 0.717) is 0 Å². The van der Waals surface area contributed by atoms with E-state index < -0.39 is 0 Å². The lowest BCUT2D eigenvalue weighted by atomic mass is 9.91. The van der Waals surface area contributed by atoms with Gasteiger partial charge in [-0.15, -0.1) is 0 Å². The standard InChI is InChI=1S/C11H17NO/c1-8-6-10(11(2,3)4)12-7-9(8)13-5/h6-7H,1-5H3. The van der Waals surface area contributed by atoms with Gasteiger partial charge in [0.15, 0.2) is 0 Å². The molecule has 0 N–H and O–H groups in total. The van der Waals surface area contributed by atoms with Crippen molar-refractivity contribution in [3.05, 3.63) is 23.5 Å². The Morgan fingerprint density at radius 1 is 1.31 bits per heavy atom. The zero-order chi connectivity index (χ0) is 10.1. The molecule has 1 heterocycles. The average molecular weight is 179 g/mol. The van der Waals surface area contributed by atoms with Crippen LogP contribution in [0.25, 0.3) is 0 Å². The van der Waals surface area contributed by atoms with Crippen LogP contribution in [0, 0.1) is 6.92 Å². The van der Waals surface area contributed by atoms with E-state index in [1.54, 1.807) is 13.3 Å². The molecule has 0 saturated carbocycles. The Bertz CT molecular complexity index is 299. The first kappa shape index (κ1) is 10.0. The maximum Gasteiger partial charge on any atom is 0.140 e. The van der Waals surface area contributed by atoms with Crippen LogP contribution in [-0.2, 0) is 5.41 Å². The summed E-state index contributed by atoms with van der Waals surface area (Å²) in [6, 6.07) is 2.08. The SMILES string of the molecule is COc1cnc(C(C)(C)C)cc1C. The van der Waals surface area contributed by atoms with Crippen molar-refractivity contribution in [1.29, 1.82) is 0 Å². The van der Waals surface area contributed by atoms with Crippen molar-refractivity contribution in [1.82, 2.24) is 4.98 Å². The molecular weight excluding hydrogens is 162 g/mol. The van der Waals surface area contributed by atoms with Gasteiger partial charge in [-0.2, -0.15) is 0 Å². The Kier molecular flexibility index (Phi) is 2.60. The van der Waals surface area contributed by atoms with E-state index in [4.69, 9.17) is 4.74 Å². The normalized spacial score (nSPS) is 11.5. The molecule has 0 spiro atoms. The fourth-order valence-corrected chi connectivity index (χ4v) is 1.17. The highest BCUT2D eigenvalue weighted by Crippen LogP contribution is 2.24. The zero-order valence-corrected chi connectivity index (χ0v) is 9.01. The second-order valence-corrected chi connectivity index (χ2v) is 4.29. The summed E-state index contributed by atoms with van der Waals surface area (Å²) in [6.07, 6.45) is 1.79. The summed E-state index contributed by atoms with van der Waals surface area (Å²) in [5.74, 6) is 0.855. The maximum absolute atomic E-state index is 5.15. The highest BCUT2D eigenvalue weighted by molar-refractivity contribution is 5.32. The topological polar surface area (TPSA) is 22.1 Å². The lowest BCUT2D eigenvalue weighted by molar-refractivity contribution is 0.408. The van der Waals surface area contributed by atoms with E-state index in [1.165, 1.54) is 0 Å². The molecule has 2 heteroatoms. The summed E-state index contributed by atoms with van der Waals surface area (Å²) in [5, 5.41) is 0. The van der Waals surface area contributed by atoms with Crippen molar-refractivity contribution in [3.63, 3.8) is 0 Å². The average Bonchev–Trinajstić information content (AvgIpc) is 2.02. The molecule has 13 heavy (non-hydrogen) atoms. The molecule has 72 valence electrons. The third-order valence-corrected chi connectivity index (χ3v) is 2.05. The Hall–Kier alpha value is -1.05. The van der Waals surface area contributed by atoms with Crippen LogP contribution in [0.3, 0.4) is 0 Å². The minimum Gasteiger partial charge on any atom is -0.495 e. The van der Waals surface area contributed by atoms with Crippen LogP contribution >= 0.6 is 0 Å². The largest absolute Gasteiger partial charge is 0.495 e. The van der Waals surface area contributed by atoms with Crippen molar-refractivity contribution in [2.45, 2.75) is 33.1 Å². The summed E-state index contributed by atoms with van der Waals surface area (Å²) in [7, 11) is 1.67. The summed E-state index contributed by atoms with van der Waals surface area (Å²) in [5.41, 5.74) is 2.35. The molecule has 0 saturated heterocycles. The van der Waals surface area contributed by atoms with Gasteiger partial charge in [0.05, 0.1) is 13.3 Å². The first-order valence-corrected chi connectivity index (χ1v) is 4.46. The molecule has 1 aromatic rings. The Morgan fingerprint density at radius 2 is 1.92 bits per heavy atom. The molecule has 0 aliphatic carbocycles. The van der Waals surface area contributed by atoms with Crippen molar-refractivity contribution >= 4 is 0 Å². The van der Waals surface area contributed by atoms with Crippen LogP contribution < -0.4 is 4.74 Å².